The number of aryl methyl sites for hydroxylation is 1. The maximum Gasteiger partial charge on any atom is 0.338 e. The Labute approximate surface area is 168 Å². The van der Waals surface area contributed by atoms with Crippen molar-refractivity contribution in [1.82, 2.24) is 4.98 Å². The number of carbonyl (C=O) groups excluding carboxylic acids is 1. The third-order valence-electron chi connectivity index (χ3n) is 5.08. The topological polar surface area (TPSA) is 82.6 Å². The summed E-state index contributed by atoms with van der Waals surface area (Å²) in [5.41, 5.74) is 2.55. The van der Waals surface area contributed by atoms with Crippen LogP contribution in [0.3, 0.4) is 0 Å². The van der Waals surface area contributed by atoms with Crippen LogP contribution in [0.25, 0.3) is 10.9 Å². The number of fused-ring (bicyclic) bond motifs is 1. The molecule has 156 valence electrons. The summed E-state index contributed by atoms with van der Waals surface area (Å²) in [6.45, 7) is 1.62. The van der Waals surface area contributed by atoms with E-state index in [2.05, 4.69) is 18.0 Å². The first-order chi connectivity index (χ1) is 13.6. The van der Waals surface area contributed by atoms with Crippen molar-refractivity contribution in [2.75, 3.05) is 13.2 Å². The van der Waals surface area contributed by atoms with Crippen molar-refractivity contribution >= 4 is 16.9 Å². The highest BCUT2D eigenvalue weighted by Crippen LogP contribution is 2.20. The van der Waals surface area contributed by atoms with Crippen molar-refractivity contribution in [3.63, 3.8) is 0 Å². The Bertz CT molecular complexity index is 710. The average Bonchev–Trinajstić information content (AvgIpc) is 3.12. The smallest absolute Gasteiger partial charge is 0.338 e. The molecule has 0 radical (unpaired) electrons. The number of aliphatic hydroxyl groups is 2. The third kappa shape index (κ3) is 7.64. The molecule has 1 aromatic heterocycles. The van der Waals surface area contributed by atoms with Crippen LogP contribution in [0.2, 0.25) is 0 Å². The van der Waals surface area contributed by atoms with E-state index in [0.29, 0.717) is 5.56 Å². The first kappa shape index (κ1) is 22.4. The summed E-state index contributed by atoms with van der Waals surface area (Å²) in [6.07, 6.45) is 11.8. The molecule has 1 atom stereocenters. The van der Waals surface area contributed by atoms with Gasteiger partial charge >= 0.3 is 5.97 Å². The van der Waals surface area contributed by atoms with E-state index in [4.69, 9.17) is 9.84 Å². The summed E-state index contributed by atoms with van der Waals surface area (Å²) >= 11 is 0. The SMILES string of the molecule is CCCCCCCCCCCc1cc2ccc(C(=O)OC[C@@H](O)CO)cc2[nH]1. The van der Waals surface area contributed by atoms with E-state index in [1.54, 1.807) is 12.1 Å². The van der Waals surface area contributed by atoms with Gasteiger partial charge in [-0.1, -0.05) is 64.4 Å². The van der Waals surface area contributed by atoms with Gasteiger partial charge in [-0.05, 0) is 36.4 Å². The zero-order valence-corrected chi connectivity index (χ0v) is 17.1. The highest BCUT2D eigenvalue weighted by Gasteiger charge is 2.12. The number of nitrogens with one attached hydrogen (secondary N) is 1. The van der Waals surface area contributed by atoms with Crippen LogP contribution in [-0.4, -0.2) is 40.5 Å². The van der Waals surface area contributed by atoms with Gasteiger partial charge in [-0.15, -0.1) is 0 Å². The van der Waals surface area contributed by atoms with Crippen LogP contribution >= 0.6 is 0 Å². The molecule has 28 heavy (non-hydrogen) atoms. The monoisotopic (exact) mass is 389 g/mol. The fraction of sp³-hybridized carbons (Fsp3) is 0.609. The number of H-pyrrole nitrogens is 1. The lowest BCUT2D eigenvalue weighted by atomic mass is 10.1. The second-order valence-electron chi connectivity index (χ2n) is 7.61. The zero-order valence-electron chi connectivity index (χ0n) is 17.1. The fourth-order valence-electron chi connectivity index (χ4n) is 3.38. The molecule has 0 bridgehead atoms. The Morgan fingerprint density at radius 3 is 2.39 bits per heavy atom. The van der Waals surface area contributed by atoms with E-state index < -0.39 is 18.7 Å². The van der Waals surface area contributed by atoms with E-state index in [1.807, 2.05) is 6.07 Å². The number of aromatic amines is 1. The zero-order chi connectivity index (χ0) is 20.2. The molecule has 0 aliphatic heterocycles. The molecule has 0 unspecified atom stereocenters. The molecule has 1 aromatic carbocycles. The number of ether oxygens (including phenoxy) is 1. The van der Waals surface area contributed by atoms with Gasteiger partial charge in [-0.25, -0.2) is 4.79 Å². The number of rotatable bonds is 14. The van der Waals surface area contributed by atoms with Crippen LogP contribution in [0.15, 0.2) is 24.3 Å². The minimum absolute atomic E-state index is 0.206. The van der Waals surface area contributed by atoms with Crippen molar-refractivity contribution in [3.8, 4) is 0 Å². The molecule has 0 aliphatic rings. The first-order valence-electron chi connectivity index (χ1n) is 10.7. The van der Waals surface area contributed by atoms with Crippen molar-refractivity contribution in [2.45, 2.75) is 77.2 Å². The lowest BCUT2D eigenvalue weighted by Crippen LogP contribution is -2.21. The van der Waals surface area contributed by atoms with Crippen molar-refractivity contribution in [3.05, 3.63) is 35.5 Å². The summed E-state index contributed by atoms with van der Waals surface area (Å²) in [5, 5.41) is 19.1. The molecule has 0 saturated carbocycles. The summed E-state index contributed by atoms with van der Waals surface area (Å²) in [5.74, 6) is -0.496. The molecule has 0 saturated heterocycles. The second-order valence-corrected chi connectivity index (χ2v) is 7.61. The normalized spacial score (nSPS) is 12.4. The van der Waals surface area contributed by atoms with E-state index in [-0.39, 0.29) is 6.61 Å². The van der Waals surface area contributed by atoms with Crippen molar-refractivity contribution in [1.29, 1.82) is 0 Å². The Hall–Kier alpha value is -1.85. The van der Waals surface area contributed by atoms with Gasteiger partial charge in [0, 0.05) is 11.2 Å². The Morgan fingerprint density at radius 1 is 1.04 bits per heavy atom. The maximum absolute atomic E-state index is 12.0. The quantitative estimate of drug-likeness (QED) is 0.322. The molecule has 1 heterocycles. The van der Waals surface area contributed by atoms with Crippen LogP contribution in [-0.2, 0) is 11.2 Å². The van der Waals surface area contributed by atoms with E-state index in [9.17, 15) is 9.90 Å². The molecule has 5 nitrogen and oxygen atoms in total. The number of carbonyl (C=O) groups is 1. The molecule has 5 heteroatoms. The first-order valence-corrected chi connectivity index (χ1v) is 10.7. The average molecular weight is 390 g/mol. The fourth-order valence-corrected chi connectivity index (χ4v) is 3.38. The van der Waals surface area contributed by atoms with E-state index in [0.717, 1.165) is 17.3 Å². The Balaban J connectivity index is 1.74. The lowest BCUT2D eigenvalue weighted by Gasteiger charge is -2.08. The molecular formula is C23H35NO4. The van der Waals surface area contributed by atoms with Crippen molar-refractivity contribution in [2.24, 2.45) is 0 Å². The van der Waals surface area contributed by atoms with Gasteiger partial charge in [-0.3, -0.25) is 0 Å². The standard InChI is InChI=1S/C23H35NO4/c1-2-3-4-5-6-7-8-9-10-11-20-14-18-12-13-19(15-22(18)24-20)23(27)28-17-21(26)16-25/h12-15,21,24-26H,2-11,16-17H2,1H3/t21-/m0/s1. The number of aliphatic hydroxyl groups excluding tert-OH is 2. The van der Waals surface area contributed by atoms with Gasteiger partial charge in [-0.2, -0.15) is 0 Å². The van der Waals surface area contributed by atoms with Gasteiger partial charge in [0.05, 0.1) is 12.2 Å². The predicted molar refractivity (Wildman–Crippen MR) is 113 cm³/mol. The molecule has 2 aromatic rings. The van der Waals surface area contributed by atoms with Crippen LogP contribution in [0.4, 0.5) is 0 Å². The number of hydrogen-bond acceptors (Lipinski definition) is 4. The van der Waals surface area contributed by atoms with Gasteiger partial charge < -0.3 is 19.9 Å². The molecule has 0 amide bonds. The van der Waals surface area contributed by atoms with Crippen LogP contribution in [0, 0.1) is 0 Å². The lowest BCUT2D eigenvalue weighted by molar-refractivity contribution is 0.00934. The highest BCUT2D eigenvalue weighted by atomic mass is 16.5. The number of aromatic nitrogens is 1. The van der Waals surface area contributed by atoms with Crippen LogP contribution in [0.5, 0.6) is 0 Å². The van der Waals surface area contributed by atoms with E-state index in [1.165, 1.54) is 63.5 Å². The molecule has 0 fully saturated rings. The Kier molecular flexibility index (Phi) is 10.1. The number of hydrogen-bond donors (Lipinski definition) is 3. The number of unbranched alkanes of at least 4 members (excludes halogenated alkanes) is 8. The minimum atomic E-state index is -1.04. The van der Waals surface area contributed by atoms with Gasteiger partial charge in [0.25, 0.3) is 0 Å². The molecule has 2 rings (SSSR count). The van der Waals surface area contributed by atoms with Gasteiger partial charge in [0.1, 0.15) is 12.7 Å². The maximum atomic E-state index is 12.0. The Morgan fingerprint density at radius 2 is 1.71 bits per heavy atom. The van der Waals surface area contributed by atoms with Crippen LogP contribution < -0.4 is 0 Å². The van der Waals surface area contributed by atoms with E-state index >= 15 is 0 Å². The predicted octanol–water partition coefficient (Wildman–Crippen LogP) is 4.75. The van der Waals surface area contributed by atoms with Crippen LogP contribution in [0.1, 0.15) is 80.8 Å². The molecule has 3 N–H and O–H groups in total. The minimum Gasteiger partial charge on any atom is -0.459 e. The summed E-state index contributed by atoms with van der Waals surface area (Å²) in [6, 6.07) is 7.56. The summed E-state index contributed by atoms with van der Waals surface area (Å²) in [4.78, 5) is 15.4. The number of esters is 1. The van der Waals surface area contributed by atoms with Gasteiger partial charge in [0.15, 0.2) is 0 Å². The number of benzene rings is 1. The third-order valence-corrected chi connectivity index (χ3v) is 5.08. The molecule has 0 aliphatic carbocycles. The summed E-state index contributed by atoms with van der Waals surface area (Å²) < 4.78 is 5.01. The molecular weight excluding hydrogens is 354 g/mol. The summed E-state index contributed by atoms with van der Waals surface area (Å²) in [7, 11) is 0. The second kappa shape index (κ2) is 12.6. The largest absolute Gasteiger partial charge is 0.459 e. The van der Waals surface area contributed by atoms with Gasteiger partial charge in [0.2, 0.25) is 0 Å². The van der Waals surface area contributed by atoms with Crippen molar-refractivity contribution < 1.29 is 19.7 Å². The highest BCUT2D eigenvalue weighted by molar-refractivity contribution is 5.94. The molecule has 0 spiro atoms.